The lowest BCUT2D eigenvalue weighted by atomic mass is 10.2. The van der Waals surface area contributed by atoms with Gasteiger partial charge in [-0.25, -0.2) is 4.98 Å². The minimum atomic E-state index is -0.126. The Morgan fingerprint density at radius 2 is 2.03 bits per heavy atom. The van der Waals surface area contributed by atoms with Crippen LogP contribution in [-0.2, 0) is 22.6 Å². The van der Waals surface area contributed by atoms with Crippen molar-refractivity contribution in [3.8, 4) is 0 Å². The van der Waals surface area contributed by atoms with Gasteiger partial charge in [-0.2, -0.15) is 0 Å². The fourth-order valence-corrected chi connectivity index (χ4v) is 3.76. The van der Waals surface area contributed by atoms with E-state index in [0.717, 1.165) is 25.1 Å². The molecule has 2 amide bonds. The molecule has 1 saturated heterocycles. The number of hydrogen-bond donors (Lipinski definition) is 0. The van der Waals surface area contributed by atoms with Crippen molar-refractivity contribution in [2.45, 2.75) is 59.2 Å². The zero-order valence-electron chi connectivity index (χ0n) is 18.2. The van der Waals surface area contributed by atoms with Crippen LogP contribution in [-0.4, -0.2) is 63.5 Å². The van der Waals surface area contributed by atoms with E-state index in [4.69, 9.17) is 9.15 Å². The summed E-state index contributed by atoms with van der Waals surface area (Å²) in [5.74, 6) is 0.455. The summed E-state index contributed by atoms with van der Waals surface area (Å²) in [6.45, 7) is 9.31. The molecule has 1 atom stereocenters. The molecule has 8 heteroatoms. The Bertz CT molecular complexity index is 834. The summed E-state index contributed by atoms with van der Waals surface area (Å²) in [5, 5.41) is 0. The van der Waals surface area contributed by atoms with Gasteiger partial charge in [0.05, 0.1) is 19.2 Å². The number of ether oxygens (including phenoxy) is 1. The molecule has 0 N–H and O–H groups in total. The normalized spacial score (nSPS) is 16.0. The molecule has 0 bridgehead atoms. The Morgan fingerprint density at radius 1 is 1.23 bits per heavy atom. The Morgan fingerprint density at radius 3 is 2.70 bits per heavy atom. The first-order chi connectivity index (χ1) is 14.5. The minimum absolute atomic E-state index is 0.112. The van der Waals surface area contributed by atoms with Crippen molar-refractivity contribution in [2.75, 3.05) is 26.2 Å². The number of carbonyl (C=O) groups excluding carboxylic acids is 2. The lowest BCUT2D eigenvalue weighted by Crippen LogP contribution is -2.37. The predicted octanol–water partition coefficient (Wildman–Crippen LogP) is 2.92. The van der Waals surface area contributed by atoms with Crippen molar-refractivity contribution in [1.82, 2.24) is 19.4 Å². The van der Waals surface area contributed by atoms with Crippen LogP contribution in [0.5, 0.6) is 0 Å². The highest BCUT2D eigenvalue weighted by Crippen LogP contribution is 2.17. The van der Waals surface area contributed by atoms with Gasteiger partial charge in [0.15, 0.2) is 5.69 Å². The van der Waals surface area contributed by atoms with Crippen LogP contribution in [0, 0.1) is 0 Å². The van der Waals surface area contributed by atoms with E-state index in [9.17, 15) is 9.59 Å². The van der Waals surface area contributed by atoms with Crippen molar-refractivity contribution in [1.29, 1.82) is 0 Å². The fourth-order valence-electron chi connectivity index (χ4n) is 3.76. The molecule has 1 aliphatic rings. The third kappa shape index (κ3) is 5.30. The molecule has 0 saturated carbocycles. The summed E-state index contributed by atoms with van der Waals surface area (Å²) < 4.78 is 13.3. The Balaban J connectivity index is 1.68. The summed E-state index contributed by atoms with van der Waals surface area (Å²) >= 11 is 0. The van der Waals surface area contributed by atoms with E-state index in [2.05, 4.69) is 4.98 Å². The lowest BCUT2D eigenvalue weighted by molar-refractivity contribution is -0.133. The summed E-state index contributed by atoms with van der Waals surface area (Å²) in [6.07, 6.45) is 5.98. The van der Waals surface area contributed by atoms with E-state index in [1.165, 1.54) is 6.26 Å². The van der Waals surface area contributed by atoms with Crippen molar-refractivity contribution < 1.29 is 18.7 Å². The molecular weight excluding hydrogens is 384 g/mol. The second kappa shape index (κ2) is 10.4. The molecule has 164 valence electrons. The lowest BCUT2D eigenvalue weighted by Gasteiger charge is -2.25. The van der Waals surface area contributed by atoms with E-state index in [1.54, 1.807) is 4.90 Å². The smallest absolute Gasteiger partial charge is 0.275 e. The Labute approximate surface area is 177 Å². The molecule has 3 heterocycles. The Hall–Kier alpha value is -2.61. The molecular formula is C22H32N4O4. The maximum absolute atomic E-state index is 12.5. The molecule has 0 spiro atoms. The summed E-state index contributed by atoms with van der Waals surface area (Å²) in [7, 11) is 0. The molecule has 0 radical (unpaired) electrons. The van der Waals surface area contributed by atoms with Crippen LogP contribution < -0.4 is 0 Å². The number of hydrogen-bond acceptors (Lipinski definition) is 5. The first-order valence-corrected chi connectivity index (χ1v) is 10.8. The molecule has 30 heavy (non-hydrogen) atoms. The largest absolute Gasteiger partial charge is 0.446 e. The zero-order valence-corrected chi connectivity index (χ0v) is 18.2. The Kier molecular flexibility index (Phi) is 7.68. The SMILES string of the molecule is CCC(=O)N(Cc1cccn1Cc1nc(C(=O)N(CC)CC)co1)CC1CCCO1. The quantitative estimate of drug-likeness (QED) is 0.595. The van der Waals surface area contributed by atoms with Gasteiger partial charge in [-0.3, -0.25) is 9.59 Å². The maximum Gasteiger partial charge on any atom is 0.275 e. The van der Waals surface area contributed by atoms with Crippen molar-refractivity contribution in [3.63, 3.8) is 0 Å². The van der Waals surface area contributed by atoms with Crippen LogP contribution in [0.1, 0.15) is 62.1 Å². The molecule has 0 aromatic carbocycles. The second-order valence-corrected chi connectivity index (χ2v) is 7.49. The molecule has 8 nitrogen and oxygen atoms in total. The standard InChI is InChI=1S/C22H32N4O4/c1-4-21(27)26(14-18-10-8-12-29-18)13-17-9-7-11-25(17)15-20-23-19(16-30-20)22(28)24(5-2)6-3/h7,9,11,16,18H,4-6,8,10,12-15H2,1-3H3. The van der Waals surface area contributed by atoms with Gasteiger partial charge in [-0.1, -0.05) is 6.92 Å². The average Bonchev–Trinajstić information content (AvgIpc) is 3.51. The van der Waals surface area contributed by atoms with Crippen LogP contribution in [0.15, 0.2) is 29.0 Å². The minimum Gasteiger partial charge on any atom is -0.446 e. The van der Waals surface area contributed by atoms with E-state index in [0.29, 0.717) is 50.7 Å². The van der Waals surface area contributed by atoms with Gasteiger partial charge < -0.3 is 23.5 Å². The van der Waals surface area contributed by atoms with Gasteiger partial charge in [-0.05, 0) is 38.8 Å². The zero-order chi connectivity index (χ0) is 21.5. The molecule has 0 aliphatic carbocycles. The average molecular weight is 417 g/mol. The van der Waals surface area contributed by atoms with Crippen LogP contribution >= 0.6 is 0 Å². The topological polar surface area (TPSA) is 80.8 Å². The van der Waals surface area contributed by atoms with Gasteiger partial charge >= 0.3 is 0 Å². The summed E-state index contributed by atoms with van der Waals surface area (Å²) in [6, 6.07) is 3.94. The third-order valence-corrected chi connectivity index (χ3v) is 5.51. The van der Waals surface area contributed by atoms with Crippen LogP contribution in [0.4, 0.5) is 0 Å². The number of carbonyl (C=O) groups is 2. The van der Waals surface area contributed by atoms with E-state index in [-0.39, 0.29) is 17.9 Å². The van der Waals surface area contributed by atoms with Crippen LogP contribution in [0.2, 0.25) is 0 Å². The van der Waals surface area contributed by atoms with Gasteiger partial charge in [0.2, 0.25) is 11.8 Å². The summed E-state index contributed by atoms with van der Waals surface area (Å²) in [4.78, 5) is 32.9. The second-order valence-electron chi connectivity index (χ2n) is 7.49. The summed E-state index contributed by atoms with van der Waals surface area (Å²) in [5.41, 5.74) is 1.31. The maximum atomic E-state index is 12.5. The number of aromatic nitrogens is 2. The highest BCUT2D eigenvalue weighted by Gasteiger charge is 2.23. The molecule has 1 aliphatic heterocycles. The van der Waals surface area contributed by atoms with E-state index < -0.39 is 0 Å². The molecule has 2 aromatic rings. The number of oxazole rings is 1. The highest BCUT2D eigenvalue weighted by atomic mass is 16.5. The van der Waals surface area contributed by atoms with Gasteiger partial charge in [0, 0.05) is 44.6 Å². The van der Waals surface area contributed by atoms with Gasteiger partial charge in [0.25, 0.3) is 5.91 Å². The molecule has 1 unspecified atom stereocenters. The van der Waals surface area contributed by atoms with E-state index >= 15 is 0 Å². The molecule has 3 rings (SSSR count). The predicted molar refractivity (Wildman–Crippen MR) is 112 cm³/mol. The number of nitrogens with zero attached hydrogens (tertiary/aromatic N) is 4. The van der Waals surface area contributed by atoms with E-state index in [1.807, 2.05) is 48.6 Å². The van der Waals surface area contributed by atoms with Crippen LogP contribution in [0.25, 0.3) is 0 Å². The molecule has 2 aromatic heterocycles. The highest BCUT2D eigenvalue weighted by molar-refractivity contribution is 5.91. The molecule has 1 fully saturated rings. The fraction of sp³-hybridized carbons (Fsp3) is 0.591. The first-order valence-electron chi connectivity index (χ1n) is 10.8. The van der Waals surface area contributed by atoms with Crippen LogP contribution in [0.3, 0.4) is 0 Å². The number of amides is 2. The first kappa shape index (κ1) is 22.1. The van der Waals surface area contributed by atoms with Crippen molar-refractivity contribution in [3.05, 3.63) is 41.9 Å². The third-order valence-electron chi connectivity index (χ3n) is 5.51. The van der Waals surface area contributed by atoms with Crippen molar-refractivity contribution >= 4 is 11.8 Å². The van der Waals surface area contributed by atoms with Gasteiger partial charge in [-0.15, -0.1) is 0 Å². The van der Waals surface area contributed by atoms with Gasteiger partial charge in [0.1, 0.15) is 6.26 Å². The number of rotatable bonds is 10. The van der Waals surface area contributed by atoms with Crippen molar-refractivity contribution in [2.24, 2.45) is 0 Å². The monoisotopic (exact) mass is 416 g/mol.